The third kappa shape index (κ3) is 2.07. The van der Waals surface area contributed by atoms with Gasteiger partial charge in [0.15, 0.2) is 0 Å². The maximum atomic E-state index is 11.4. The second-order valence-corrected chi connectivity index (χ2v) is 4.50. The normalized spacial score (nSPS) is 10.6. The van der Waals surface area contributed by atoms with Crippen LogP contribution in [0.25, 0.3) is 22.2 Å². The molecule has 2 aromatic carbocycles. The van der Waals surface area contributed by atoms with Crippen LogP contribution in [0.5, 0.6) is 0 Å². The molecule has 98 valence electrons. The number of hydrogen-bond acceptors (Lipinski definition) is 3. The van der Waals surface area contributed by atoms with E-state index in [-0.39, 0.29) is 5.56 Å². The molecule has 4 heteroatoms. The number of anilines is 1. The first-order valence-corrected chi connectivity index (χ1v) is 6.14. The van der Waals surface area contributed by atoms with Gasteiger partial charge in [0, 0.05) is 16.6 Å². The lowest BCUT2D eigenvalue weighted by atomic mass is 10.0. The van der Waals surface area contributed by atoms with E-state index >= 15 is 0 Å². The van der Waals surface area contributed by atoms with Gasteiger partial charge in [-0.05, 0) is 24.3 Å². The largest absolute Gasteiger partial charge is 0.478 e. The Kier molecular flexibility index (Phi) is 2.84. The number of carboxylic acids is 1. The van der Waals surface area contributed by atoms with E-state index in [1.54, 1.807) is 24.3 Å². The maximum absolute atomic E-state index is 11.4. The van der Waals surface area contributed by atoms with Crippen molar-refractivity contribution in [2.75, 3.05) is 5.73 Å². The fourth-order valence-electron chi connectivity index (χ4n) is 2.18. The molecule has 1 aromatic heterocycles. The van der Waals surface area contributed by atoms with Gasteiger partial charge in [0.25, 0.3) is 0 Å². The van der Waals surface area contributed by atoms with Crippen molar-refractivity contribution in [3.8, 4) is 11.3 Å². The van der Waals surface area contributed by atoms with Crippen molar-refractivity contribution in [2.24, 2.45) is 0 Å². The van der Waals surface area contributed by atoms with Crippen LogP contribution in [0.3, 0.4) is 0 Å². The summed E-state index contributed by atoms with van der Waals surface area (Å²) in [4.78, 5) is 15.9. The van der Waals surface area contributed by atoms with Gasteiger partial charge in [0.2, 0.25) is 0 Å². The highest BCUT2D eigenvalue weighted by Crippen LogP contribution is 2.26. The third-order valence-electron chi connectivity index (χ3n) is 3.13. The monoisotopic (exact) mass is 264 g/mol. The number of nitrogens with two attached hydrogens (primary N) is 1. The van der Waals surface area contributed by atoms with Gasteiger partial charge in [-0.3, -0.25) is 0 Å². The summed E-state index contributed by atoms with van der Waals surface area (Å²) < 4.78 is 0. The van der Waals surface area contributed by atoms with E-state index in [1.807, 2.05) is 30.3 Å². The van der Waals surface area contributed by atoms with Crippen LogP contribution in [0.15, 0.2) is 54.6 Å². The summed E-state index contributed by atoms with van der Waals surface area (Å²) in [5, 5.41) is 9.95. The minimum atomic E-state index is -0.973. The number of rotatable bonds is 2. The molecule has 0 aliphatic rings. The fraction of sp³-hybridized carbons (Fsp3) is 0. The summed E-state index contributed by atoms with van der Waals surface area (Å²) in [5.74, 6) is -0.973. The Morgan fingerprint density at radius 1 is 1.05 bits per heavy atom. The van der Waals surface area contributed by atoms with Crippen LogP contribution in [0.2, 0.25) is 0 Å². The first kappa shape index (κ1) is 12.2. The third-order valence-corrected chi connectivity index (χ3v) is 3.13. The lowest BCUT2D eigenvalue weighted by Crippen LogP contribution is -2.00. The fourth-order valence-corrected chi connectivity index (χ4v) is 2.18. The quantitative estimate of drug-likeness (QED) is 0.697. The van der Waals surface area contributed by atoms with Crippen LogP contribution in [0.4, 0.5) is 5.69 Å². The molecule has 0 aliphatic carbocycles. The first-order chi connectivity index (χ1) is 9.65. The van der Waals surface area contributed by atoms with Crippen LogP contribution in [0, 0.1) is 0 Å². The van der Waals surface area contributed by atoms with Crippen molar-refractivity contribution in [3.63, 3.8) is 0 Å². The number of nitrogen functional groups attached to an aromatic ring is 1. The minimum Gasteiger partial charge on any atom is -0.478 e. The zero-order valence-corrected chi connectivity index (χ0v) is 10.6. The molecule has 0 aliphatic heterocycles. The summed E-state index contributed by atoms with van der Waals surface area (Å²) in [6, 6.07) is 16.1. The van der Waals surface area contributed by atoms with Gasteiger partial charge < -0.3 is 10.8 Å². The molecule has 0 spiro atoms. The number of benzene rings is 2. The number of nitrogens with zero attached hydrogens (tertiary/aromatic N) is 1. The number of carboxylic acid groups (broad SMARTS) is 1. The molecule has 0 atom stereocenters. The lowest BCUT2D eigenvalue weighted by Gasteiger charge is -2.07. The Labute approximate surface area is 115 Å². The molecule has 4 nitrogen and oxygen atoms in total. The van der Waals surface area contributed by atoms with Gasteiger partial charge in [-0.1, -0.05) is 30.3 Å². The number of carbonyl (C=O) groups is 1. The van der Waals surface area contributed by atoms with E-state index < -0.39 is 5.97 Å². The smallest absolute Gasteiger partial charge is 0.336 e. The molecule has 0 saturated heterocycles. The highest BCUT2D eigenvalue weighted by atomic mass is 16.4. The molecule has 0 radical (unpaired) electrons. The summed E-state index contributed by atoms with van der Waals surface area (Å²) in [6.07, 6.45) is 0. The molecular weight excluding hydrogens is 252 g/mol. The topological polar surface area (TPSA) is 76.2 Å². The highest BCUT2D eigenvalue weighted by molar-refractivity contribution is 6.04. The van der Waals surface area contributed by atoms with Crippen LogP contribution in [0.1, 0.15) is 10.4 Å². The molecule has 0 unspecified atom stereocenters. The van der Waals surface area contributed by atoms with Crippen LogP contribution in [-0.4, -0.2) is 16.1 Å². The summed E-state index contributed by atoms with van der Waals surface area (Å²) in [7, 11) is 0. The summed E-state index contributed by atoms with van der Waals surface area (Å²) >= 11 is 0. The predicted molar refractivity (Wildman–Crippen MR) is 78.6 cm³/mol. The Hall–Kier alpha value is -2.88. The van der Waals surface area contributed by atoms with E-state index in [9.17, 15) is 9.90 Å². The Morgan fingerprint density at radius 3 is 2.50 bits per heavy atom. The van der Waals surface area contributed by atoms with E-state index in [1.165, 1.54) is 0 Å². The van der Waals surface area contributed by atoms with Crippen LogP contribution in [-0.2, 0) is 0 Å². The summed E-state index contributed by atoms with van der Waals surface area (Å²) in [5.41, 5.74) is 8.63. The standard InChI is InChI=1S/C16H12N2O2/c17-11-6-7-12-13(16(19)20)9-14(18-15(12)8-11)10-4-2-1-3-5-10/h1-9H,17H2,(H,19,20). The van der Waals surface area contributed by atoms with E-state index in [4.69, 9.17) is 5.73 Å². The molecule has 0 amide bonds. The van der Waals surface area contributed by atoms with Crippen LogP contribution >= 0.6 is 0 Å². The maximum Gasteiger partial charge on any atom is 0.336 e. The van der Waals surface area contributed by atoms with Gasteiger partial charge >= 0.3 is 5.97 Å². The molecule has 3 aromatic rings. The second kappa shape index (κ2) is 4.66. The van der Waals surface area contributed by atoms with Crippen molar-refractivity contribution < 1.29 is 9.90 Å². The van der Waals surface area contributed by atoms with E-state index in [2.05, 4.69) is 4.98 Å². The van der Waals surface area contributed by atoms with Crippen molar-refractivity contribution in [1.82, 2.24) is 4.98 Å². The van der Waals surface area contributed by atoms with E-state index in [0.717, 1.165) is 5.56 Å². The predicted octanol–water partition coefficient (Wildman–Crippen LogP) is 3.18. The van der Waals surface area contributed by atoms with Gasteiger partial charge in [0.1, 0.15) is 0 Å². The second-order valence-electron chi connectivity index (χ2n) is 4.50. The van der Waals surface area contributed by atoms with Gasteiger partial charge in [-0.15, -0.1) is 0 Å². The molecular formula is C16H12N2O2. The molecule has 0 bridgehead atoms. The number of pyridine rings is 1. The van der Waals surface area contributed by atoms with E-state index in [0.29, 0.717) is 22.3 Å². The SMILES string of the molecule is Nc1ccc2c(C(=O)O)cc(-c3ccccc3)nc2c1. The molecule has 20 heavy (non-hydrogen) atoms. The number of fused-ring (bicyclic) bond motifs is 1. The Bertz CT molecular complexity index is 798. The highest BCUT2D eigenvalue weighted by Gasteiger charge is 2.12. The average molecular weight is 264 g/mol. The molecule has 0 fully saturated rings. The Morgan fingerprint density at radius 2 is 1.80 bits per heavy atom. The van der Waals surface area contributed by atoms with Crippen molar-refractivity contribution >= 4 is 22.6 Å². The molecule has 3 rings (SSSR count). The van der Waals surface area contributed by atoms with Crippen LogP contribution < -0.4 is 5.73 Å². The number of aromatic carboxylic acids is 1. The minimum absolute atomic E-state index is 0.230. The average Bonchev–Trinajstić information content (AvgIpc) is 2.46. The Balaban J connectivity index is 2.32. The van der Waals surface area contributed by atoms with Crippen molar-refractivity contribution in [3.05, 3.63) is 60.2 Å². The zero-order chi connectivity index (χ0) is 14.1. The lowest BCUT2D eigenvalue weighted by molar-refractivity contribution is 0.0699. The van der Waals surface area contributed by atoms with Gasteiger partial charge in [-0.2, -0.15) is 0 Å². The van der Waals surface area contributed by atoms with Crippen molar-refractivity contribution in [2.45, 2.75) is 0 Å². The number of aromatic nitrogens is 1. The molecule has 3 N–H and O–H groups in total. The number of hydrogen-bond donors (Lipinski definition) is 2. The zero-order valence-electron chi connectivity index (χ0n) is 10.6. The molecule has 0 saturated carbocycles. The van der Waals surface area contributed by atoms with Gasteiger partial charge in [-0.25, -0.2) is 9.78 Å². The summed E-state index contributed by atoms with van der Waals surface area (Å²) in [6.45, 7) is 0. The van der Waals surface area contributed by atoms with Crippen molar-refractivity contribution in [1.29, 1.82) is 0 Å². The van der Waals surface area contributed by atoms with Gasteiger partial charge in [0.05, 0.1) is 16.8 Å². The molecule has 1 heterocycles. The first-order valence-electron chi connectivity index (χ1n) is 6.14.